The lowest BCUT2D eigenvalue weighted by Gasteiger charge is -2.21. The van der Waals surface area contributed by atoms with Crippen molar-refractivity contribution in [3.05, 3.63) is 0 Å². The molecule has 1 saturated carbocycles. The van der Waals surface area contributed by atoms with Gasteiger partial charge in [0.2, 0.25) is 0 Å². The zero-order chi connectivity index (χ0) is 10.1. The molecule has 1 rings (SSSR count). The van der Waals surface area contributed by atoms with Crippen LogP contribution in [0.3, 0.4) is 0 Å². The van der Waals surface area contributed by atoms with Gasteiger partial charge in [-0.15, -0.1) is 0 Å². The first-order valence-corrected chi connectivity index (χ1v) is 5.83. The maximum Gasteiger partial charge on any atom is 0.0218 e. The maximum atomic E-state index is 6.00. The molecule has 0 radical (unpaired) electrons. The highest BCUT2D eigenvalue weighted by Crippen LogP contribution is 2.16. The molecule has 3 N–H and O–H groups in total. The third kappa shape index (κ3) is 5.27. The van der Waals surface area contributed by atoms with Crippen LogP contribution in [-0.2, 0) is 0 Å². The number of hydrogen-bond donors (Lipinski definition) is 2. The van der Waals surface area contributed by atoms with E-state index < -0.39 is 0 Å². The molecule has 13 heavy (non-hydrogen) atoms. The summed E-state index contributed by atoms with van der Waals surface area (Å²) in [5.74, 6) is 0. The summed E-state index contributed by atoms with van der Waals surface area (Å²) in [5, 5.41) is 3.45. The summed E-state index contributed by atoms with van der Waals surface area (Å²) in [4.78, 5) is 0. The van der Waals surface area contributed by atoms with Gasteiger partial charge in [0.1, 0.15) is 0 Å². The van der Waals surface area contributed by atoms with Crippen molar-refractivity contribution >= 4 is 0 Å². The first kappa shape index (κ1) is 12.9. The molecule has 2 atom stereocenters. The average Bonchev–Trinajstić information content (AvgIpc) is 2.36. The summed E-state index contributed by atoms with van der Waals surface area (Å²) in [5.41, 5.74) is 6.00. The van der Waals surface area contributed by atoms with Crippen LogP contribution in [0, 0.1) is 0 Å². The summed E-state index contributed by atoms with van der Waals surface area (Å²) in [7, 11) is 0. The molecule has 1 fully saturated rings. The predicted octanol–water partition coefficient (Wildman–Crippen LogP) is 2.28. The third-order valence-corrected chi connectivity index (χ3v) is 2.54. The molecule has 1 aliphatic carbocycles. The summed E-state index contributed by atoms with van der Waals surface area (Å²) in [6.45, 7) is 7.20. The second-order valence-corrected chi connectivity index (χ2v) is 3.47. The molecule has 0 aromatic rings. The van der Waals surface area contributed by atoms with Crippen molar-refractivity contribution < 1.29 is 0 Å². The van der Waals surface area contributed by atoms with Gasteiger partial charge >= 0.3 is 0 Å². The van der Waals surface area contributed by atoms with E-state index in [2.05, 4.69) is 12.2 Å². The van der Waals surface area contributed by atoms with E-state index in [1.807, 2.05) is 13.8 Å². The van der Waals surface area contributed by atoms with Gasteiger partial charge in [-0.3, -0.25) is 0 Å². The maximum absolute atomic E-state index is 6.00. The van der Waals surface area contributed by atoms with Gasteiger partial charge in [0.25, 0.3) is 0 Å². The van der Waals surface area contributed by atoms with E-state index >= 15 is 0 Å². The molecule has 0 heterocycles. The van der Waals surface area contributed by atoms with Crippen molar-refractivity contribution in [2.24, 2.45) is 5.73 Å². The van der Waals surface area contributed by atoms with Gasteiger partial charge < -0.3 is 11.1 Å². The van der Waals surface area contributed by atoms with Crippen LogP contribution in [0.4, 0.5) is 0 Å². The van der Waals surface area contributed by atoms with Crippen molar-refractivity contribution in [2.75, 3.05) is 6.54 Å². The van der Waals surface area contributed by atoms with Crippen LogP contribution in [0.15, 0.2) is 0 Å². The fourth-order valence-electron chi connectivity index (χ4n) is 1.85. The lowest BCUT2D eigenvalue weighted by molar-refractivity contribution is 0.418. The zero-order valence-corrected chi connectivity index (χ0v) is 9.47. The van der Waals surface area contributed by atoms with Crippen molar-refractivity contribution in [1.82, 2.24) is 5.32 Å². The van der Waals surface area contributed by atoms with Crippen molar-refractivity contribution in [3.8, 4) is 0 Å². The van der Waals surface area contributed by atoms with Gasteiger partial charge in [-0.2, -0.15) is 0 Å². The Hall–Kier alpha value is -0.0800. The fourth-order valence-corrected chi connectivity index (χ4v) is 1.85. The molecule has 2 heteroatoms. The second-order valence-electron chi connectivity index (χ2n) is 3.47. The SMILES string of the molecule is CC.CCNC1CCCCCC1N. The lowest BCUT2D eigenvalue weighted by Crippen LogP contribution is -2.44. The first-order valence-electron chi connectivity index (χ1n) is 5.83. The van der Waals surface area contributed by atoms with E-state index in [1.54, 1.807) is 0 Å². The monoisotopic (exact) mass is 186 g/mol. The molecule has 2 nitrogen and oxygen atoms in total. The molecule has 0 amide bonds. The number of hydrogen-bond acceptors (Lipinski definition) is 2. The Morgan fingerprint density at radius 2 is 1.77 bits per heavy atom. The van der Waals surface area contributed by atoms with Gasteiger partial charge in [-0.25, -0.2) is 0 Å². The molecule has 0 aromatic heterocycles. The van der Waals surface area contributed by atoms with E-state index in [9.17, 15) is 0 Å². The highest BCUT2D eigenvalue weighted by Gasteiger charge is 2.18. The first-order chi connectivity index (χ1) is 6.34. The average molecular weight is 186 g/mol. The van der Waals surface area contributed by atoms with E-state index in [0.29, 0.717) is 12.1 Å². The summed E-state index contributed by atoms with van der Waals surface area (Å²) in [6.07, 6.45) is 6.52. The number of nitrogens with two attached hydrogens (primary N) is 1. The van der Waals surface area contributed by atoms with Gasteiger partial charge in [0, 0.05) is 12.1 Å². The lowest BCUT2D eigenvalue weighted by atomic mass is 10.0. The molecule has 0 aromatic carbocycles. The van der Waals surface area contributed by atoms with Crippen LogP contribution in [0.2, 0.25) is 0 Å². The van der Waals surface area contributed by atoms with Crippen LogP contribution < -0.4 is 11.1 Å². The quantitative estimate of drug-likeness (QED) is 0.649. The van der Waals surface area contributed by atoms with Gasteiger partial charge in [0.15, 0.2) is 0 Å². The molecule has 0 bridgehead atoms. The Kier molecular flexibility index (Phi) is 8.46. The third-order valence-electron chi connectivity index (χ3n) is 2.54. The predicted molar refractivity (Wildman–Crippen MR) is 59.9 cm³/mol. The summed E-state index contributed by atoms with van der Waals surface area (Å²) < 4.78 is 0. The van der Waals surface area contributed by atoms with Crippen LogP contribution in [0.5, 0.6) is 0 Å². The number of likely N-dealkylation sites (N-methyl/N-ethyl adjacent to an activating group) is 1. The van der Waals surface area contributed by atoms with E-state index in [1.165, 1.54) is 32.1 Å². The van der Waals surface area contributed by atoms with E-state index in [0.717, 1.165) is 6.54 Å². The number of nitrogens with one attached hydrogen (secondary N) is 1. The fraction of sp³-hybridized carbons (Fsp3) is 1.00. The Balaban J connectivity index is 0.000000671. The van der Waals surface area contributed by atoms with Gasteiger partial charge in [0.05, 0.1) is 0 Å². The Morgan fingerprint density at radius 3 is 2.38 bits per heavy atom. The molecule has 0 saturated heterocycles. The molecule has 1 aliphatic rings. The number of rotatable bonds is 2. The smallest absolute Gasteiger partial charge is 0.0218 e. The standard InChI is InChI=1S/C9H20N2.C2H6/c1-2-11-9-7-5-3-4-6-8(9)10;1-2/h8-9,11H,2-7,10H2,1H3;1-2H3. The second kappa shape index (κ2) is 8.52. The highest BCUT2D eigenvalue weighted by molar-refractivity contribution is 4.81. The minimum Gasteiger partial charge on any atom is -0.326 e. The molecule has 0 aliphatic heterocycles. The van der Waals surface area contributed by atoms with E-state index in [-0.39, 0.29) is 0 Å². The van der Waals surface area contributed by atoms with Gasteiger partial charge in [-0.05, 0) is 19.4 Å². The minimum atomic E-state index is 0.400. The largest absolute Gasteiger partial charge is 0.326 e. The summed E-state index contributed by atoms with van der Waals surface area (Å²) >= 11 is 0. The van der Waals surface area contributed by atoms with Crippen LogP contribution in [-0.4, -0.2) is 18.6 Å². The van der Waals surface area contributed by atoms with E-state index in [4.69, 9.17) is 5.73 Å². The Morgan fingerprint density at radius 1 is 1.15 bits per heavy atom. The van der Waals surface area contributed by atoms with Gasteiger partial charge in [-0.1, -0.05) is 40.0 Å². The van der Waals surface area contributed by atoms with Crippen LogP contribution in [0.1, 0.15) is 52.9 Å². The molecular weight excluding hydrogens is 160 g/mol. The minimum absolute atomic E-state index is 0.400. The molecule has 80 valence electrons. The Bertz CT molecular complexity index is 104. The normalized spacial score (nSPS) is 28.6. The topological polar surface area (TPSA) is 38.0 Å². The Labute approximate surface area is 83.3 Å². The molecule has 0 spiro atoms. The zero-order valence-electron chi connectivity index (χ0n) is 9.47. The van der Waals surface area contributed by atoms with Crippen molar-refractivity contribution in [1.29, 1.82) is 0 Å². The van der Waals surface area contributed by atoms with Crippen molar-refractivity contribution in [2.45, 2.75) is 65.0 Å². The highest BCUT2D eigenvalue weighted by atomic mass is 14.9. The molecular formula is C11H26N2. The van der Waals surface area contributed by atoms with Crippen LogP contribution >= 0.6 is 0 Å². The molecule has 2 unspecified atom stereocenters. The van der Waals surface area contributed by atoms with Crippen molar-refractivity contribution in [3.63, 3.8) is 0 Å². The summed E-state index contributed by atoms with van der Waals surface area (Å²) in [6, 6.07) is 0.986. The van der Waals surface area contributed by atoms with Crippen LogP contribution in [0.25, 0.3) is 0 Å².